The molecule has 3 N–H and O–H groups in total. The van der Waals surface area contributed by atoms with E-state index in [1.165, 1.54) is 12.1 Å². The maximum Gasteiger partial charge on any atom is 0.293 e. The molecule has 2 aromatic carbocycles. The van der Waals surface area contributed by atoms with E-state index in [9.17, 15) is 18.5 Å². The number of benzene rings is 2. The number of ether oxygens (including phenoxy) is 1. The summed E-state index contributed by atoms with van der Waals surface area (Å²) < 4.78 is 28.0. The summed E-state index contributed by atoms with van der Waals surface area (Å²) in [6.07, 6.45) is 0. The second-order valence-corrected chi connectivity index (χ2v) is 7.68. The Balaban J connectivity index is 2.27. The highest BCUT2D eigenvalue weighted by molar-refractivity contribution is 7.89. The van der Waals surface area contributed by atoms with Crippen LogP contribution in [0.25, 0.3) is 0 Å². The van der Waals surface area contributed by atoms with Gasteiger partial charge in [0.25, 0.3) is 5.69 Å². The molecular weight excluding hydrogens is 372 g/mol. The topological polar surface area (TPSA) is 128 Å². The Labute approximate surface area is 157 Å². The average molecular weight is 394 g/mol. The van der Waals surface area contributed by atoms with Crippen LogP contribution in [0.1, 0.15) is 11.6 Å². The van der Waals surface area contributed by atoms with Crippen LogP contribution in [0.2, 0.25) is 0 Å². The summed E-state index contributed by atoms with van der Waals surface area (Å²) in [5.74, 6) is 0.735. The van der Waals surface area contributed by atoms with Crippen LogP contribution in [-0.4, -0.2) is 46.0 Å². The summed E-state index contributed by atoms with van der Waals surface area (Å²) in [5, 5.41) is 19.4. The number of anilines is 1. The van der Waals surface area contributed by atoms with Gasteiger partial charge in [0.1, 0.15) is 11.4 Å². The summed E-state index contributed by atoms with van der Waals surface area (Å²) in [4.78, 5) is 12.3. The number of hydrogen-bond donors (Lipinski definition) is 2. The lowest BCUT2D eigenvalue weighted by Gasteiger charge is -2.25. The van der Waals surface area contributed by atoms with Crippen LogP contribution in [0.3, 0.4) is 0 Å². The van der Waals surface area contributed by atoms with E-state index in [2.05, 4.69) is 5.32 Å². The number of rotatable bonds is 8. The Hall–Kier alpha value is -2.69. The largest absolute Gasteiger partial charge is 0.497 e. The van der Waals surface area contributed by atoms with Crippen LogP contribution in [-0.2, 0) is 10.0 Å². The number of primary sulfonamides is 1. The van der Waals surface area contributed by atoms with Crippen LogP contribution in [0.15, 0.2) is 47.4 Å². The lowest BCUT2D eigenvalue weighted by atomic mass is 10.1. The van der Waals surface area contributed by atoms with Crippen molar-refractivity contribution in [3.8, 4) is 5.75 Å². The summed E-state index contributed by atoms with van der Waals surface area (Å²) >= 11 is 0. The summed E-state index contributed by atoms with van der Waals surface area (Å²) in [7, 11) is 1.36. The third-order valence-corrected chi connectivity index (χ3v) is 5.02. The van der Waals surface area contributed by atoms with E-state index >= 15 is 0 Å². The number of nitrogens with zero attached hydrogens (tertiary/aromatic N) is 2. The first-order valence-electron chi connectivity index (χ1n) is 7.99. The minimum absolute atomic E-state index is 0.0755. The summed E-state index contributed by atoms with van der Waals surface area (Å²) in [6.45, 7) is 0.370. The maximum absolute atomic E-state index is 11.4. The van der Waals surface area contributed by atoms with E-state index in [4.69, 9.17) is 9.88 Å². The van der Waals surface area contributed by atoms with Gasteiger partial charge in [0.05, 0.1) is 23.0 Å². The average Bonchev–Trinajstić information content (AvgIpc) is 2.61. The van der Waals surface area contributed by atoms with Crippen molar-refractivity contribution >= 4 is 21.4 Å². The molecule has 0 aliphatic rings. The fourth-order valence-corrected chi connectivity index (χ4v) is 3.15. The zero-order valence-electron chi connectivity index (χ0n) is 15.2. The highest BCUT2D eigenvalue weighted by atomic mass is 32.2. The molecular formula is C17H22N4O5S. The number of nitrogens with one attached hydrogen (secondary N) is 1. The predicted octanol–water partition coefficient (Wildman–Crippen LogP) is 1.97. The monoisotopic (exact) mass is 394 g/mol. The third kappa shape index (κ3) is 5.16. The molecule has 0 fully saturated rings. The van der Waals surface area contributed by atoms with E-state index in [0.717, 1.165) is 17.4 Å². The SMILES string of the molecule is COc1ccc([C@@H](CNc2ccc(S(N)(=O)=O)cc2[N+](=O)[O-])N(C)C)cc1. The number of nitrogens with two attached hydrogens (primary N) is 1. The zero-order chi connectivity index (χ0) is 20.2. The molecule has 0 aliphatic heterocycles. The summed E-state index contributed by atoms with van der Waals surface area (Å²) in [5.41, 5.74) is 0.860. The fraction of sp³-hybridized carbons (Fsp3) is 0.294. The molecule has 0 bridgehead atoms. The van der Waals surface area contributed by atoms with Crippen LogP contribution in [0.4, 0.5) is 11.4 Å². The van der Waals surface area contributed by atoms with Crippen molar-refractivity contribution in [1.29, 1.82) is 0 Å². The van der Waals surface area contributed by atoms with Gasteiger partial charge >= 0.3 is 0 Å². The Bertz CT molecular complexity index is 913. The molecule has 2 aromatic rings. The maximum atomic E-state index is 11.4. The van der Waals surface area contributed by atoms with Crippen molar-refractivity contribution in [2.75, 3.05) is 33.1 Å². The number of nitro benzene ring substituents is 1. The van der Waals surface area contributed by atoms with Crippen molar-refractivity contribution in [3.05, 3.63) is 58.1 Å². The molecule has 0 saturated carbocycles. The van der Waals surface area contributed by atoms with E-state index in [-0.39, 0.29) is 22.3 Å². The number of nitro groups is 1. The second-order valence-electron chi connectivity index (χ2n) is 6.11. The van der Waals surface area contributed by atoms with Crippen molar-refractivity contribution in [2.45, 2.75) is 10.9 Å². The molecule has 0 amide bonds. The molecule has 9 nitrogen and oxygen atoms in total. The van der Waals surface area contributed by atoms with Gasteiger partial charge in [-0.25, -0.2) is 13.6 Å². The van der Waals surface area contributed by atoms with Gasteiger partial charge in [0.2, 0.25) is 10.0 Å². The minimum atomic E-state index is -4.02. The van der Waals surface area contributed by atoms with Crippen LogP contribution in [0.5, 0.6) is 5.75 Å². The Morgan fingerprint density at radius 3 is 2.33 bits per heavy atom. The first-order chi connectivity index (χ1) is 12.6. The first kappa shape index (κ1) is 20.6. The minimum Gasteiger partial charge on any atom is -0.497 e. The molecule has 0 spiro atoms. The molecule has 0 radical (unpaired) electrons. The lowest BCUT2D eigenvalue weighted by Crippen LogP contribution is -2.27. The van der Waals surface area contributed by atoms with Crippen molar-refractivity contribution in [2.24, 2.45) is 5.14 Å². The number of methoxy groups -OCH3 is 1. The van der Waals surface area contributed by atoms with E-state index < -0.39 is 14.9 Å². The van der Waals surface area contributed by atoms with E-state index in [1.807, 2.05) is 43.3 Å². The highest BCUT2D eigenvalue weighted by Crippen LogP contribution is 2.29. The molecule has 0 aromatic heterocycles. The van der Waals surface area contributed by atoms with Gasteiger partial charge in [0.15, 0.2) is 0 Å². The van der Waals surface area contributed by atoms with Crippen molar-refractivity contribution < 1.29 is 18.1 Å². The molecule has 0 aliphatic carbocycles. The Morgan fingerprint density at radius 2 is 1.85 bits per heavy atom. The normalized spacial score (nSPS) is 12.6. The standard InChI is InChI=1S/C17H22N4O5S/c1-20(2)17(12-4-6-13(26-3)7-5-12)11-19-15-9-8-14(27(18,24)25)10-16(15)21(22)23/h4-10,17,19H,11H2,1-3H3,(H2,18,24,25)/t17-/m1/s1. The smallest absolute Gasteiger partial charge is 0.293 e. The molecule has 27 heavy (non-hydrogen) atoms. The number of hydrogen-bond acceptors (Lipinski definition) is 7. The number of sulfonamides is 1. The van der Waals surface area contributed by atoms with Gasteiger partial charge in [-0.2, -0.15) is 0 Å². The predicted molar refractivity (Wildman–Crippen MR) is 102 cm³/mol. The zero-order valence-corrected chi connectivity index (χ0v) is 16.1. The molecule has 0 unspecified atom stereocenters. The first-order valence-corrected chi connectivity index (χ1v) is 9.53. The third-order valence-electron chi connectivity index (χ3n) is 4.10. The fourth-order valence-electron chi connectivity index (χ4n) is 2.62. The van der Waals surface area contributed by atoms with E-state index in [1.54, 1.807) is 7.11 Å². The Morgan fingerprint density at radius 1 is 1.22 bits per heavy atom. The van der Waals surface area contributed by atoms with Crippen LogP contribution in [0, 0.1) is 10.1 Å². The molecule has 2 rings (SSSR count). The number of likely N-dealkylation sites (N-methyl/N-ethyl adjacent to an activating group) is 1. The van der Waals surface area contributed by atoms with Gasteiger partial charge in [0, 0.05) is 12.6 Å². The van der Waals surface area contributed by atoms with Crippen molar-refractivity contribution in [3.63, 3.8) is 0 Å². The molecule has 0 saturated heterocycles. The van der Waals surface area contributed by atoms with Crippen LogP contribution >= 0.6 is 0 Å². The molecule has 146 valence electrons. The highest BCUT2D eigenvalue weighted by Gasteiger charge is 2.21. The van der Waals surface area contributed by atoms with Gasteiger partial charge in [-0.05, 0) is 43.9 Å². The Kier molecular flexibility index (Phi) is 6.37. The van der Waals surface area contributed by atoms with Gasteiger partial charge < -0.3 is 15.0 Å². The van der Waals surface area contributed by atoms with Gasteiger partial charge in [-0.15, -0.1) is 0 Å². The van der Waals surface area contributed by atoms with Gasteiger partial charge in [-0.1, -0.05) is 12.1 Å². The molecule has 1 atom stereocenters. The summed E-state index contributed by atoms with van der Waals surface area (Å²) in [6, 6.07) is 11.0. The second kappa shape index (κ2) is 8.33. The molecule has 10 heteroatoms. The van der Waals surface area contributed by atoms with Crippen LogP contribution < -0.4 is 15.2 Å². The van der Waals surface area contributed by atoms with Crippen molar-refractivity contribution in [1.82, 2.24) is 4.90 Å². The van der Waals surface area contributed by atoms with Gasteiger partial charge in [-0.3, -0.25) is 10.1 Å². The lowest BCUT2D eigenvalue weighted by molar-refractivity contribution is -0.384. The molecule has 0 heterocycles. The van der Waals surface area contributed by atoms with E-state index in [0.29, 0.717) is 6.54 Å². The quantitative estimate of drug-likeness (QED) is 0.517.